The van der Waals surface area contributed by atoms with Crippen molar-refractivity contribution in [2.75, 3.05) is 0 Å². The fourth-order valence-electron chi connectivity index (χ4n) is 2.11. The van der Waals surface area contributed by atoms with Crippen LogP contribution in [0.1, 0.15) is 16.2 Å². The van der Waals surface area contributed by atoms with Gasteiger partial charge in [0.05, 0.1) is 11.2 Å². The predicted octanol–water partition coefficient (Wildman–Crippen LogP) is 2.23. The maximum absolute atomic E-state index is 10.8. The number of aromatic carboxylic acids is 1. The molecule has 0 saturated carbocycles. The van der Waals surface area contributed by atoms with Gasteiger partial charge in [0.25, 0.3) is 0 Å². The highest BCUT2D eigenvalue weighted by Crippen LogP contribution is 2.26. The number of hydrogen-bond acceptors (Lipinski definition) is 4. The van der Waals surface area contributed by atoms with E-state index < -0.39 is 5.97 Å². The topological polar surface area (TPSA) is 81.2 Å². The van der Waals surface area contributed by atoms with E-state index in [4.69, 9.17) is 9.63 Å². The highest BCUT2D eigenvalue weighted by atomic mass is 16.5. The highest BCUT2D eigenvalue weighted by molar-refractivity contribution is 5.88. The summed E-state index contributed by atoms with van der Waals surface area (Å²) < 4.78 is 6.85. The van der Waals surface area contributed by atoms with Gasteiger partial charge in [-0.3, -0.25) is 4.68 Å². The Labute approximate surface area is 108 Å². The Balaban J connectivity index is 2.14. The van der Waals surface area contributed by atoms with Gasteiger partial charge < -0.3 is 9.63 Å². The molecule has 0 atom stereocenters. The molecule has 1 N–H and O–H groups in total. The van der Waals surface area contributed by atoms with Gasteiger partial charge >= 0.3 is 5.97 Å². The minimum Gasteiger partial charge on any atom is -0.476 e. The Hall–Kier alpha value is -2.63. The van der Waals surface area contributed by atoms with E-state index in [1.807, 2.05) is 32.2 Å². The van der Waals surface area contributed by atoms with Crippen molar-refractivity contribution in [2.45, 2.75) is 6.92 Å². The van der Waals surface area contributed by atoms with Gasteiger partial charge in [0.15, 0.2) is 11.5 Å². The molecule has 96 valence electrons. The Bertz CT molecular complexity index is 786. The van der Waals surface area contributed by atoms with Crippen molar-refractivity contribution in [2.24, 2.45) is 7.05 Å². The van der Waals surface area contributed by atoms with Crippen LogP contribution in [0.2, 0.25) is 0 Å². The maximum atomic E-state index is 10.8. The standard InChI is InChI=1S/C13H11N3O3/c1-7-9-5-8(3-4-11(9)16(2)14-7)12-6-10(13(17)18)15-19-12/h3-6H,1-2H3,(H,17,18). The van der Waals surface area contributed by atoms with Crippen LogP contribution in [0, 0.1) is 6.92 Å². The van der Waals surface area contributed by atoms with Crippen LogP contribution < -0.4 is 0 Å². The zero-order valence-corrected chi connectivity index (χ0v) is 10.4. The van der Waals surface area contributed by atoms with Crippen LogP contribution in [-0.4, -0.2) is 26.0 Å². The van der Waals surface area contributed by atoms with Crippen molar-refractivity contribution in [1.29, 1.82) is 0 Å². The molecule has 0 radical (unpaired) electrons. The van der Waals surface area contributed by atoms with Gasteiger partial charge in [-0.25, -0.2) is 4.79 Å². The molecule has 0 aliphatic rings. The highest BCUT2D eigenvalue weighted by Gasteiger charge is 2.13. The van der Waals surface area contributed by atoms with Gasteiger partial charge in [-0.05, 0) is 25.1 Å². The Morgan fingerprint density at radius 3 is 2.84 bits per heavy atom. The molecular weight excluding hydrogens is 246 g/mol. The van der Waals surface area contributed by atoms with E-state index in [-0.39, 0.29) is 5.69 Å². The summed E-state index contributed by atoms with van der Waals surface area (Å²) in [5.74, 6) is -0.670. The number of aromatic nitrogens is 3. The van der Waals surface area contributed by atoms with Crippen LogP contribution in [0.5, 0.6) is 0 Å². The van der Waals surface area contributed by atoms with Crippen molar-refractivity contribution < 1.29 is 14.4 Å². The third-order valence-corrected chi connectivity index (χ3v) is 3.05. The first-order valence-corrected chi connectivity index (χ1v) is 5.70. The minimum atomic E-state index is -1.10. The SMILES string of the molecule is Cc1nn(C)c2ccc(-c3cc(C(=O)O)no3)cc12. The zero-order valence-electron chi connectivity index (χ0n) is 10.4. The molecule has 19 heavy (non-hydrogen) atoms. The number of fused-ring (bicyclic) bond motifs is 1. The Kier molecular flexibility index (Phi) is 2.38. The number of rotatable bonds is 2. The Morgan fingerprint density at radius 2 is 2.16 bits per heavy atom. The van der Waals surface area contributed by atoms with Gasteiger partial charge in [0.1, 0.15) is 0 Å². The lowest BCUT2D eigenvalue weighted by atomic mass is 10.1. The van der Waals surface area contributed by atoms with Crippen LogP contribution in [0.4, 0.5) is 0 Å². The molecule has 0 aliphatic heterocycles. The average Bonchev–Trinajstić information content (AvgIpc) is 2.96. The van der Waals surface area contributed by atoms with Gasteiger partial charge in [0.2, 0.25) is 0 Å². The molecule has 0 aliphatic carbocycles. The lowest BCUT2D eigenvalue weighted by Gasteiger charge is -1.97. The molecule has 1 aromatic carbocycles. The molecule has 0 bridgehead atoms. The quantitative estimate of drug-likeness (QED) is 0.761. The van der Waals surface area contributed by atoms with Crippen LogP contribution >= 0.6 is 0 Å². The fraction of sp³-hybridized carbons (Fsp3) is 0.154. The first-order valence-electron chi connectivity index (χ1n) is 5.70. The van der Waals surface area contributed by atoms with Crippen LogP contribution in [-0.2, 0) is 7.05 Å². The lowest BCUT2D eigenvalue weighted by molar-refractivity contribution is 0.0686. The molecule has 6 nitrogen and oxygen atoms in total. The first-order chi connectivity index (χ1) is 9.06. The van der Waals surface area contributed by atoms with E-state index >= 15 is 0 Å². The van der Waals surface area contributed by atoms with Crippen molar-refractivity contribution in [3.63, 3.8) is 0 Å². The second kappa shape index (κ2) is 3.94. The van der Waals surface area contributed by atoms with Crippen molar-refractivity contribution in [1.82, 2.24) is 14.9 Å². The van der Waals surface area contributed by atoms with Crippen molar-refractivity contribution >= 4 is 16.9 Å². The number of benzene rings is 1. The Morgan fingerprint density at radius 1 is 1.37 bits per heavy atom. The van der Waals surface area contributed by atoms with Gasteiger partial charge in [0, 0.05) is 24.1 Å². The van der Waals surface area contributed by atoms with E-state index in [9.17, 15) is 4.79 Å². The third kappa shape index (κ3) is 1.77. The van der Waals surface area contributed by atoms with Crippen LogP contribution in [0.15, 0.2) is 28.8 Å². The molecule has 3 rings (SSSR count). The maximum Gasteiger partial charge on any atom is 0.358 e. The number of carboxylic acid groups (broad SMARTS) is 1. The average molecular weight is 257 g/mol. The summed E-state index contributed by atoms with van der Waals surface area (Å²) in [6.45, 7) is 1.93. The summed E-state index contributed by atoms with van der Waals surface area (Å²) >= 11 is 0. The minimum absolute atomic E-state index is 0.0991. The van der Waals surface area contributed by atoms with Crippen LogP contribution in [0.3, 0.4) is 0 Å². The van der Waals surface area contributed by atoms with E-state index in [0.29, 0.717) is 5.76 Å². The fourth-order valence-corrected chi connectivity index (χ4v) is 2.11. The molecule has 2 heterocycles. The number of carbonyl (C=O) groups is 1. The molecule has 0 amide bonds. The second-order valence-corrected chi connectivity index (χ2v) is 4.32. The lowest BCUT2D eigenvalue weighted by Crippen LogP contribution is -1.94. The second-order valence-electron chi connectivity index (χ2n) is 4.32. The summed E-state index contributed by atoms with van der Waals surface area (Å²) in [6, 6.07) is 7.11. The molecule has 3 aromatic rings. The molecule has 2 aromatic heterocycles. The molecule has 6 heteroatoms. The molecule has 0 saturated heterocycles. The zero-order chi connectivity index (χ0) is 13.6. The van der Waals surface area contributed by atoms with Gasteiger partial charge in [-0.15, -0.1) is 0 Å². The van der Waals surface area contributed by atoms with E-state index in [1.54, 1.807) is 4.68 Å². The smallest absolute Gasteiger partial charge is 0.358 e. The van der Waals surface area contributed by atoms with Crippen molar-refractivity contribution in [3.05, 3.63) is 35.7 Å². The molecule has 0 fully saturated rings. The first kappa shape index (κ1) is 11.5. The van der Waals surface area contributed by atoms with Gasteiger partial charge in [-0.1, -0.05) is 5.16 Å². The monoisotopic (exact) mass is 257 g/mol. The number of hydrogen-bond donors (Lipinski definition) is 1. The molecule has 0 spiro atoms. The molecular formula is C13H11N3O3. The van der Waals surface area contributed by atoms with E-state index in [1.165, 1.54) is 6.07 Å². The number of carboxylic acids is 1. The summed E-state index contributed by atoms with van der Waals surface area (Å²) in [4.78, 5) is 10.8. The number of nitrogens with zero attached hydrogens (tertiary/aromatic N) is 3. The normalized spacial score (nSPS) is 11.1. The van der Waals surface area contributed by atoms with Gasteiger partial charge in [-0.2, -0.15) is 5.10 Å². The predicted molar refractivity (Wildman–Crippen MR) is 67.9 cm³/mol. The van der Waals surface area contributed by atoms with E-state index in [2.05, 4.69) is 10.3 Å². The van der Waals surface area contributed by atoms with Crippen LogP contribution in [0.25, 0.3) is 22.2 Å². The molecule has 0 unspecified atom stereocenters. The largest absolute Gasteiger partial charge is 0.476 e. The van der Waals surface area contributed by atoms with E-state index in [0.717, 1.165) is 22.2 Å². The summed E-state index contributed by atoms with van der Waals surface area (Å²) in [5.41, 5.74) is 2.61. The summed E-state index contributed by atoms with van der Waals surface area (Å²) in [5, 5.41) is 17.7. The summed E-state index contributed by atoms with van der Waals surface area (Å²) in [7, 11) is 1.88. The summed E-state index contributed by atoms with van der Waals surface area (Å²) in [6.07, 6.45) is 0. The third-order valence-electron chi connectivity index (χ3n) is 3.05. The van der Waals surface area contributed by atoms with Crippen molar-refractivity contribution in [3.8, 4) is 11.3 Å². The number of aryl methyl sites for hydroxylation is 2.